The third kappa shape index (κ3) is 6.92. The molecular formula is C20H28N2O5. The number of benzene rings is 1. The molecule has 1 aromatic carbocycles. The van der Waals surface area contributed by atoms with Gasteiger partial charge in [-0.2, -0.15) is 0 Å². The van der Waals surface area contributed by atoms with Gasteiger partial charge in [0.25, 0.3) is 5.91 Å². The molecule has 7 heteroatoms. The lowest BCUT2D eigenvalue weighted by molar-refractivity contribution is -0.150. The molecule has 2 N–H and O–H groups in total. The van der Waals surface area contributed by atoms with Crippen LogP contribution in [0.15, 0.2) is 18.2 Å². The normalized spacial score (nSPS) is 19.1. The number of aryl methyl sites for hydroxylation is 2. The fourth-order valence-corrected chi connectivity index (χ4v) is 3.18. The second kappa shape index (κ2) is 9.94. The number of ether oxygens (including phenoxy) is 2. The summed E-state index contributed by atoms with van der Waals surface area (Å²) >= 11 is 0. The van der Waals surface area contributed by atoms with E-state index in [1.54, 1.807) is 6.07 Å². The van der Waals surface area contributed by atoms with Gasteiger partial charge in [-0.1, -0.05) is 37.5 Å². The van der Waals surface area contributed by atoms with Crippen molar-refractivity contribution in [3.63, 3.8) is 0 Å². The Morgan fingerprint density at radius 1 is 1.11 bits per heavy atom. The third-order valence-electron chi connectivity index (χ3n) is 4.72. The van der Waals surface area contributed by atoms with Crippen LogP contribution in [0.4, 0.5) is 4.79 Å². The number of urea groups is 1. The molecule has 7 nitrogen and oxygen atoms in total. The van der Waals surface area contributed by atoms with Crippen molar-refractivity contribution in [3.8, 4) is 5.75 Å². The molecule has 0 heterocycles. The molecule has 0 saturated heterocycles. The lowest BCUT2D eigenvalue weighted by Crippen LogP contribution is -2.48. The van der Waals surface area contributed by atoms with Gasteiger partial charge in [0.1, 0.15) is 5.75 Å². The minimum atomic E-state index is -0.675. The van der Waals surface area contributed by atoms with E-state index in [4.69, 9.17) is 9.47 Å². The SMILES string of the molecule is Cc1ccc(OCC(=O)OCC(=O)NC(=O)N[C@H]2CCCC[C@@H]2C)c(C)c1. The van der Waals surface area contributed by atoms with Gasteiger partial charge in [0, 0.05) is 6.04 Å². The molecule has 1 aliphatic carbocycles. The molecule has 2 rings (SSSR count). The highest BCUT2D eigenvalue weighted by Crippen LogP contribution is 2.23. The summed E-state index contributed by atoms with van der Waals surface area (Å²) in [6, 6.07) is 5.12. The molecular weight excluding hydrogens is 348 g/mol. The van der Waals surface area contributed by atoms with Gasteiger partial charge in [-0.15, -0.1) is 0 Å². The highest BCUT2D eigenvalue weighted by molar-refractivity contribution is 5.95. The summed E-state index contributed by atoms with van der Waals surface area (Å²) < 4.78 is 10.2. The molecule has 1 aliphatic rings. The Hall–Kier alpha value is -2.57. The Kier molecular flexibility index (Phi) is 7.64. The molecule has 0 aliphatic heterocycles. The van der Waals surface area contributed by atoms with Crippen LogP contribution in [0.3, 0.4) is 0 Å². The number of imide groups is 1. The van der Waals surface area contributed by atoms with Crippen molar-refractivity contribution in [2.45, 2.75) is 52.5 Å². The van der Waals surface area contributed by atoms with Crippen LogP contribution in [0.25, 0.3) is 0 Å². The van der Waals surface area contributed by atoms with E-state index < -0.39 is 24.5 Å². The molecule has 2 atom stereocenters. The van der Waals surface area contributed by atoms with E-state index in [1.807, 2.05) is 26.0 Å². The van der Waals surface area contributed by atoms with E-state index in [0.717, 1.165) is 30.4 Å². The van der Waals surface area contributed by atoms with E-state index in [1.165, 1.54) is 6.42 Å². The fraction of sp³-hybridized carbons (Fsp3) is 0.550. The quantitative estimate of drug-likeness (QED) is 0.745. The van der Waals surface area contributed by atoms with Crippen molar-refractivity contribution in [2.24, 2.45) is 5.92 Å². The number of rotatable bonds is 6. The number of amides is 3. The zero-order valence-electron chi connectivity index (χ0n) is 16.2. The molecule has 3 amide bonds. The molecule has 0 unspecified atom stereocenters. The summed E-state index contributed by atoms with van der Waals surface area (Å²) in [5.74, 6) is -0.370. The van der Waals surface area contributed by atoms with Crippen molar-refractivity contribution < 1.29 is 23.9 Å². The first-order valence-corrected chi connectivity index (χ1v) is 9.31. The van der Waals surface area contributed by atoms with E-state index in [2.05, 4.69) is 17.6 Å². The second-order valence-corrected chi connectivity index (χ2v) is 7.11. The Morgan fingerprint density at radius 2 is 1.85 bits per heavy atom. The highest BCUT2D eigenvalue weighted by atomic mass is 16.6. The second-order valence-electron chi connectivity index (χ2n) is 7.11. The zero-order valence-corrected chi connectivity index (χ0v) is 16.2. The maximum atomic E-state index is 11.9. The molecule has 0 spiro atoms. The van der Waals surface area contributed by atoms with Gasteiger partial charge in [-0.05, 0) is 44.2 Å². The summed E-state index contributed by atoms with van der Waals surface area (Å²) in [4.78, 5) is 35.4. The number of carbonyl (C=O) groups excluding carboxylic acids is 3. The number of nitrogens with one attached hydrogen (secondary N) is 2. The van der Waals surface area contributed by atoms with Gasteiger partial charge in [-0.3, -0.25) is 10.1 Å². The zero-order chi connectivity index (χ0) is 19.8. The first-order valence-electron chi connectivity index (χ1n) is 9.31. The van der Waals surface area contributed by atoms with E-state index in [-0.39, 0.29) is 12.6 Å². The molecule has 0 radical (unpaired) electrons. The molecule has 1 fully saturated rings. The van der Waals surface area contributed by atoms with Crippen molar-refractivity contribution in [3.05, 3.63) is 29.3 Å². The highest BCUT2D eigenvalue weighted by Gasteiger charge is 2.23. The van der Waals surface area contributed by atoms with Crippen molar-refractivity contribution >= 4 is 17.9 Å². The molecule has 0 bridgehead atoms. The maximum Gasteiger partial charge on any atom is 0.344 e. The Balaban J connectivity index is 1.66. The van der Waals surface area contributed by atoms with Gasteiger partial charge in [0.05, 0.1) is 0 Å². The summed E-state index contributed by atoms with van der Waals surface area (Å²) in [5.41, 5.74) is 2.01. The minimum absolute atomic E-state index is 0.0697. The standard InChI is InChI=1S/C20H28N2O5/c1-13-8-9-17(15(3)10-13)26-12-19(24)27-11-18(23)22-20(25)21-16-7-5-4-6-14(16)2/h8-10,14,16H,4-7,11-12H2,1-3H3,(H2,21,22,23,25)/t14-,16-/m0/s1. The number of hydrogen-bond donors (Lipinski definition) is 2. The van der Waals surface area contributed by atoms with Crippen LogP contribution in [-0.4, -0.2) is 37.2 Å². The predicted octanol–water partition coefficient (Wildman–Crippen LogP) is 2.63. The smallest absolute Gasteiger partial charge is 0.344 e. The summed E-state index contributed by atoms with van der Waals surface area (Å²) in [6.07, 6.45) is 4.21. The van der Waals surface area contributed by atoms with Crippen LogP contribution in [-0.2, 0) is 14.3 Å². The average Bonchev–Trinajstić information content (AvgIpc) is 2.61. The summed E-state index contributed by atoms with van der Waals surface area (Å²) in [5, 5.41) is 4.99. The van der Waals surface area contributed by atoms with Crippen LogP contribution in [0.2, 0.25) is 0 Å². The van der Waals surface area contributed by atoms with Crippen molar-refractivity contribution in [1.82, 2.24) is 10.6 Å². The molecule has 1 aromatic rings. The summed E-state index contributed by atoms with van der Waals surface area (Å²) in [6.45, 7) is 5.11. The lowest BCUT2D eigenvalue weighted by Gasteiger charge is -2.29. The first kappa shape index (κ1) is 20.7. The van der Waals surface area contributed by atoms with Crippen molar-refractivity contribution in [2.75, 3.05) is 13.2 Å². The largest absolute Gasteiger partial charge is 0.482 e. The molecule has 1 saturated carbocycles. The Labute approximate surface area is 159 Å². The van der Waals surface area contributed by atoms with Gasteiger partial charge in [0.15, 0.2) is 13.2 Å². The van der Waals surface area contributed by atoms with Crippen LogP contribution in [0.1, 0.15) is 43.7 Å². The van der Waals surface area contributed by atoms with Gasteiger partial charge in [0.2, 0.25) is 0 Å². The fourth-order valence-electron chi connectivity index (χ4n) is 3.18. The topological polar surface area (TPSA) is 93.7 Å². The minimum Gasteiger partial charge on any atom is -0.482 e. The van der Waals surface area contributed by atoms with Crippen LogP contribution in [0.5, 0.6) is 5.75 Å². The maximum absolute atomic E-state index is 11.9. The monoisotopic (exact) mass is 376 g/mol. The number of carbonyl (C=O) groups is 3. The van der Waals surface area contributed by atoms with E-state index in [0.29, 0.717) is 11.7 Å². The summed E-state index contributed by atoms with van der Waals surface area (Å²) in [7, 11) is 0. The van der Waals surface area contributed by atoms with Crippen molar-refractivity contribution in [1.29, 1.82) is 0 Å². The van der Waals surface area contributed by atoms with Crippen LogP contribution >= 0.6 is 0 Å². The third-order valence-corrected chi connectivity index (χ3v) is 4.72. The van der Waals surface area contributed by atoms with Crippen LogP contribution < -0.4 is 15.4 Å². The lowest BCUT2D eigenvalue weighted by atomic mass is 9.86. The molecule has 148 valence electrons. The molecule has 0 aromatic heterocycles. The number of hydrogen-bond acceptors (Lipinski definition) is 5. The average molecular weight is 376 g/mol. The van der Waals surface area contributed by atoms with E-state index >= 15 is 0 Å². The van der Waals surface area contributed by atoms with Gasteiger partial charge >= 0.3 is 12.0 Å². The Bertz CT molecular complexity index is 689. The van der Waals surface area contributed by atoms with Gasteiger partial charge in [-0.25, -0.2) is 9.59 Å². The van der Waals surface area contributed by atoms with Gasteiger partial charge < -0.3 is 14.8 Å². The predicted molar refractivity (Wildman–Crippen MR) is 100 cm³/mol. The Morgan fingerprint density at radius 3 is 2.56 bits per heavy atom. The number of esters is 1. The van der Waals surface area contributed by atoms with E-state index in [9.17, 15) is 14.4 Å². The molecule has 27 heavy (non-hydrogen) atoms. The first-order chi connectivity index (χ1) is 12.8. The van der Waals surface area contributed by atoms with Crippen LogP contribution in [0, 0.1) is 19.8 Å².